The van der Waals surface area contributed by atoms with Crippen LogP contribution < -0.4 is 4.90 Å². The maximum atomic E-state index is 11.9. The molecule has 5 heteroatoms. The molecule has 0 saturated carbocycles. The zero-order valence-corrected chi connectivity index (χ0v) is 11.3. The van der Waals surface area contributed by atoms with Crippen molar-refractivity contribution in [2.45, 2.75) is 6.42 Å². The summed E-state index contributed by atoms with van der Waals surface area (Å²) < 4.78 is 0. The zero-order valence-electron chi connectivity index (χ0n) is 10.4. The molecule has 0 bridgehead atoms. The molecule has 1 unspecified atom stereocenters. The Morgan fingerprint density at radius 3 is 2.84 bits per heavy atom. The van der Waals surface area contributed by atoms with Gasteiger partial charge in [-0.2, -0.15) is 12.6 Å². The van der Waals surface area contributed by atoms with Crippen molar-refractivity contribution in [1.29, 1.82) is 0 Å². The molecule has 98 valence electrons. The van der Waals surface area contributed by atoms with E-state index in [1.54, 1.807) is 11.1 Å². The fourth-order valence-corrected chi connectivity index (χ4v) is 2.57. The van der Waals surface area contributed by atoms with Crippen molar-refractivity contribution >= 4 is 24.5 Å². The molecule has 1 saturated heterocycles. The lowest BCUT2D eigenvalue weighted by Crippen LogP contribution is -2.25. The lowest BCUT2D eigenvalue weighted by Gasteiger charge is -2.12. The van der Waals surface area contributed by atoms with Gasteiger partial charge in [-0.3, -0.25) is 9.69 Å². The second-order valence-corrected chi connectivity index (χ2v) is 5.11. The third-order valence-corrected chi connectivity index (χ3v) is 3.88. The maximum absolute atomic E-state index is 11.9. The predicted octanol–water partition coefficient (Wildman–Crippen LogP) is 2.36. The van der Waals surface area contributed by atoms with E-state index in [2.05, 4.69) is 22.6 Å². The number of anilines is 1. The molecule has 1 amide bonds. The van der Waals surface area contributed by atoms with E-state index in [1.807, 2.05) is 30.3 Å². The predicted molar refractivity (Wildman–Crippen MR) is 78.3 cm³/mol. The van der Waals surface area contributed by atoms with E-state index in [4.69, 9.17) is 0 Å². The molecule has 3 rings (SSSR count). The summed E-state index contributed by atoms with van der Waals surface area (Å²) in [4.78, 5) is 21.2. The van der Waals surface area contributed by atoms with Crippen molar-refractivity contribution in [2.75, 3.05) is 17.2 Å². The van der Waals surface area contributed by atoms with Crippen molar-refractivity contribution in [3.8, 4) is 11.3 Å². The third kappa shape index (κ3) is 2.38. The first-order chi connectivity index (χ1) is 9.28. The largest absolute Gasteiger partial charge is 0.324 e. The minimum absolute atomic E-state index is 0.119. The Bertz CT molecular complexity index is 581. The van der Waals surface area contributed by atoms with Gasteiger partial charge in [-0.05, 0) is 17.2 Å². The molecule has 1 N–H and O–H groups in total. The molecular weight excluding hydrogens is 258 g/mol. The van der Waals surface area contributed by atoms with Crippen LogP contribution in [0.3, 0.4) is 0 Å². The highest BCUT2D eigenvalue weighted by Gasteiger charge is 2.31. The first-order valence-electron chi connectivity index (χ1n) is 6.29. The molecule has 1 aliphatic rings. The van der Waals surface area contributed by atoms with Gasteiger partial charge in [-0.15, -0.1) is 0 Å². The number of nitrogens with one attached hydrogen (secondary N) is 1. The summed E-state index contributed by atoms with van der Waals surface area (Å²) in [7, 11) is 0. The van der Waals surface area contributed by atoms with Gasteiger partial charge in [0.1, 0.15) is 0 Å². The first kappa shape index (κ1) is 12.3. The van der Waals surface area contributed by atoms with E-state index in [0.29, 0.717) is 24.8 Å². The molecule has 0 aliphatic carbocycles. The lowest BCUT2D eigenvalue weighted by atomic mass is 10.1. The van der Waals surface area contributed by atoms with Crippen LogP contribution in [0.1, 0.15) is 6.42 Å². The average molecular weight is 273 g/mol. The Hall–Kier alpha value is -1.75. The maximum Gasteiger partial charge on any atom is 0.229 e. The molecule has 1 atom stereocenters. The molecule has 19 heavy (non-hydrogen) atoms. The molecule has 0 spiro atoms. The smallest absolute Gasteiger partial charge is 0.229 e. The summed E-state index contributed by atoms with van der Waals surface area (Å²) in [5.74, 6) is 1.80. The molecule has 1 aromatic heterocycles. The molecule has 1 aliphatic heterocycles. The highest BCUT2D eigenvalue weighted by molar-refractivity contribution is 7.80. The van der Waals surface area contributed by atoms with Crippen LogP contribution in [0, 0.1) is 5.92 Å². The monoisotopic (exact) mass is 273 g/mol. The number of imidazole rings is 1. The van der Waals surface area contributed by atoms with Crippen LogP contribution in [-0.4, -0.2) is 28.2 Å². The molecule has 4 nitrogen and oxygen atoms in total. The topological polar surface area (TPSA) is 49.0 Å². The number of H-pyrrole nitrogens is 1. The van der Waals surface area contributed by atoms with E-state index in [-0.39, 0.29) is 5.91 Å². The number of benzene rings is 1. The van der Waals surface area contributed by atoms with Gasteiger partial charge in [0.25, 0.3) is 0 Å². The van der Waals surface area contributed by atoms with Crippen LogP contribution in [0.4, 0.5) is 5.95 Å². The van der Waals surface area contributed by atoms with E-state index in [9.17, 15) is 4.79 Å². The van der Waals surface area contributed by atoms with Gasteiger partial charge in [0, 0.05) is 13.0 Å². The van der Waals surface area contributed by atoms with E-state index in [1.165, 1.54) is 0 Å². The Balaban J connectivity index is 1.84. The second kappa shape index (κ2) is 5.09. The Morgan fingerprint density at radius 2 is 2.16 bits per heavy atom. The quantitative estimate of drug-likeness (QED) is 0.843. The number of aromatic nitrogens is 2. The summed E-state index contributed by atoms with van der Waals surface area (Å²) >= 11 is 4.26. The zero-order chi connectivity index (χ0) is 13.2. The number of amides is 1. The van der Waals surface area contributed by atoms with Crippen LogP contribution >= 0.6 is 12.6 Å². The SMILES string of the molecule is O=C1CC(CS)CN1c1ncc(-c2ccccc2)[nH]1. The molecule has 1 aromatic carbocycles. The van der Waals surface area contributed by atoms with Crippen molar-refractivity contribution in [3.63, 3.8) is 0 Å². The summed E-state index contributed by atoms with van der Waals surface area (Å²) in [5.41, 5.74) is 2.00. The summed E-state index contributed by atoms with van der Waals surface area (Å²) in [6, 6.07) is 9.96. The van der Waals surface area contributed by atoms with Gasteiger partial charge in [0.2, 0.25) is 11.9 Å². The third-order valence-electron chi connectivity index (χ3n) is 3.37. The fraction of sp³-hybridized carbons (Fsp3) is 0.286. The van der Waals surface area contributed by atoms with Crippen molar-refractivity contribution in [3.05, 3.63) is 36.5 Å². The van der Waals surface area contributed by atoms with Crippen LogP contribution in [0.15, 0.2) is 36.5 Å². The van der Waals surface area contributed by atoms with Crippen LogP contribution in [0.25, 0.3) is 11.3 Å². The van der Waals surface area contributed by atoms with E-state index < -0.39 is 0 Å². The van der Waals surface area contributed by atoms with Gasteiger partial charge in [-0.25, -0.2) is 4.98 Å². The Labute approximate surface area is 117 Å². The number of hydrogen-bond donors (Lipinski definition) is 2. The minimum Gasteiger partial charge on any atom is -0.324 e. The molecule has 2 aromatic rings. The number of aromatic amines is 1. The van der Waals surface area contributed by atoms with Gasteiger partial charge in [0.15, 0.2) is 0 Å². The number of carbonyl (C=O) groups is 1. The van der Waals surface area contributed by atoms with Gasteiger partial charge >= 0.3 is 0 Å². The van der Waals surface area contributed by atoms with Gasteiger partial charge < -0.3 is 4.98 Å². The lowest BCUT2D eigenvalue weighted by molar-refractivity contribution is -0.117. The number of carbonyl (C=O) groups excluding carboxylic acids is 1. The van der Waals surface area contributed by atoms with Crippen LogP contribution in [-0.2, 0) is 4.79 Å². The van der Waals surface area contributed by atoms with Crippen molar-refractivity contribution in [1.82, 2.24) is 9.97 Å². The number of hydrogen-bond acceptors (Lipinski definition) is 3. The van der Waals surface area contributed by atoms with Crippen molar-refractivity contribution < 1.29 is 4.79 Å². The standard InChI is InChI=1S/C14H15N3OS/c18-13-6-10(9-19)8-17(13)14-15-7-12(16-14)11-4-2-1-3-5-11/h1-5,7,10,19H,6,8-9H2,(H,15,16). The molecular formula is C14H15N3OS. The van der Waals surface area contributed by atoms with Crippen molar-refractivity contribution in [2.24, 2.45) is 5.92 Å². The van der Waals surface area contributed by atoms with E-state index >= 15 is 0 Å². The normalized spacial score (nSPS) is 19.1. The summed E-state index contributed by atoms with van der Waals surface area (Å²) in [6.45, 7) is 0.698. The Morgan fingerprint density at radius 1 is 1.37 bits per heavy atom. The highest BCUT2D eigenvalue weighted by Crippen LogP contribution is 2.25. The highest BCUT2D eigenvalue weighted by atomic mass is 32.1. The number of rotatable bonds is 3. The van der Waals surface area contributed by atoms with Crippen LogP contribution in [0.5, 0.6) is 0 Å². The molecule has 1 fully saturated rings. The second-order valence-electron chi connectivity index (χ2n) is 4.74. The minimum atomic E-state index is 0.119. The van der Waals surface area contributed by atoms with Crippen LogP contribution in [0.2, 0.25) is 0 Å². The van der Waals surface area contributed by atoms with E-state index in [0.717, 1.165) is 17.0 Å². The number of thiol groups is 1. The number of nitrogens with zero attached hydrogens (tertiary/aromatic N) is 2. The first-order valence-corrected chi connectivity index (χ1v) is 6.93. The van der Waals surface area contributed by atoms with Gasteiger partial charge in [0.05, 0.1) is 11.9 Å². The average Bonchev–Trinajstić information content (AvgIpc) is 3.06. The van der Waals surface area contributed by atoms with Gasteiger partial charge in [-0.1, -0.05) is 30.3 Å². The molecule has 0 radical (unpaired) electrons. The summed E-state index contributed by atoms with van der Waals surface area (Å²) in [5, 5.41) is 0. The fourth-order valence-electron chi connectivity index (χ4n) is 2.32. The Kier molecular flexibility index (Phi) is 3.29. The molecule has 2 heterocycles. The summed E-state index contributed by atoms with van der Waals surface area (Å²) in [6.07, 6.45) is 2.33.